The molecule has 0 bridgehead atoms. The third kappa shape index (κ3) is 4.37. The van der Waals surface area contributed by atoms with Crippen molar-refractivity contribution >= 4 is 81.6 Å². The van der Waals surface area contributed by atoms with Gasteiger partial charge in [-0.05, 0) is 109 Å². The molecule has 11 aromatic rings. The maximum atomic E-state index is 7.79. The molecule has 244 valence electrons. The van der Waals surface area contributed by atoms with Crippen LogP contribution in [0.2, 0.25) is 0 Å². The molecule has 0 aliphatic rings. The Bertz CT molecular complexity index is 3290. The Hall–Kier alpha value is -7.28. The van der Waals surface area contributed by atoms with E-state index in [1.165, 1.54) is 43.6 Å². The van der Waals surface area contributed by atoms with Gasteiger partial charge in [-0.3, -0.25) is 0 Å². The summed E-state index contributed by atoms with van der Waals surface area (Å²) in [5.74, 6) is 0. The van der Waals surface area contributed by atoms with Crippen molar-refractivity contribution in [2.75, 3.05) is 0 Å². The third-order valence-electron chi connectivity index (χ3n) is 10.9. The van der Waals surface area contributed by atoms with Crippen LogP contribution in [0, 0.1) is 6.57 Å². The van der Waals surface area contributed by atoms with Gasteiger partial charge in [-0.1, -0.05) is 121 Å². The number of aromatic nitrogens is 2. The molecule has 3 heteroatoms. The molecule has 0 spiro atoms. The average molecular weight is 672 g/mol. The molecule has 0 saturated carbocycles. The van der Waals surface area contributed by atoms with Crippen LogP contribution in [0.25, 0.3) is 109 Å². The minimum Gasteiger partial charge on any atom is -0.309 e. The number of nitrogens with zero attached hydrogens (tertiary/aromatic N) is 3. The highest BCUT2D eigenvalue weighted by atomic mass is 15.0. The second kappa shape index (κ2) is 11.4. The van der Waals surface area contributed by atoms with Crippen LogP contribution in [0.1, 0.15) is 0 Å². The van der Waals surface area contributed by atoms with Crippen molar-refractivity contribution in [1.82, 2.24) is 9.55 Å². The fourth-order valence-corrected chi connectivity index (χ4v) is 8.64. The van der Waals surface area contributed by atoms with Crippen molar-refractivity contribution in [1.29, 1.82) is 0 Å². The van der Waals surface area contributed by atoms with Gasteiger partial charge in [0.25, 0.3) is 0 Å². The van der Waals surface area contributed by atoms with E-state index in [0.29, 0.717) is 5.69 Å². The lowest BCUT2D eigenvalue weighted by atomic mass is 9.84. The number of hydrogen-bond donors (Lipinski definition) is 0. The van der Waals surface area contributed by atoms with Crippen LogP contribution in [0.15, 0.2) is 176 Å². The molecule has 0 aliphatic heterocycles. The predicted molar refractivity (Wildman–Crippen MR) is 223 cm³/mol. The van der Waals surface area contributed by atoms with Gasteiger partial charge in [0.2, 0.25) is 0 Å². The second-order valence-corrected chi connectivity index (χ2v) is 13.8. The molecule has 11 rings (SSSR count). The van der Waals surface area contributed by atoms with E-state index in [9.17, 15) is 0 Å². The first-order valence-electron chi connectivity index (χ1n) is 17.9. The minimum atomic E-state index is 0.640. The van der Waals surface area contributed by atoms with Crippen LogP contribution in [-0.2, 0) is 0 Å². The van der Waals surface area contributed by atoms with E-state index in [-0.39, 0.29) is 0 Å². The lowest BCUT2D eigenvalue weighted by Crippen LogP contribution is -1.94. The zero-order valence-electron chi connectivity index (χ0n) is 28.6. The van der Waals surface area contributed by atoms with Gasteiger partial charge >= 0.3 is 0 Å². The molecule has 2 heterocycles. The van der Waals surface area contributed by atoms with Crippen molar-refractivity contribution in [3.8, 4) is 27.9 Å². The monoisotopic (exact) mass is 671 g/mol. The van der Waals surface area contributed by atoms with Gasteiger partial charge in [0.1, 0.15) is 0 Å². The highest BCUT2D eigenvalue weighted by molar-refractivity contribution is 6.26. The van der Waals surface area contributed by atoms with E-state index in [4.69, 9.17) is 11.6 Å². The number of rotatable bonds is 3. The van der Waals surface area contributed by atoms with Crippen molar-refractivity contribution in [3.63, 3.8) is 0 Å². The number of benzene rings is 9. The summed E-state index contributed by atoms with van der Waals surface area (Å²) in [4.78, 5) is 8.98. The first-order chi connectivity index (χ1) is 26.2. The molecule has 0 atom stereocenters. The Kier molecular flexibility index (Phi) is 6.32. The van der Waals surface area contributed by atoms with Crippen LogP contribution < -0.4 is 0 Å². The number of hydrogen-bond acceptors (Lipinski definition) is 1. The zero-order valence-corrected chi connectivity index (χ0v) is 28.6. The molecular weight excluding hydrogens is 643 g/mol. The molecule has 53 heavy (non-hydrogen) atoms. The highest BCUT2D eigenvalue weighted by Crippen LogP contribution is 2.47. The summed E-state index contributed by atoms with van der Waals surface area (Å²) in [6, 6.07) is 62.8. The number of para-hydroxylation sites is 2. The molecule has 0 aliphatic carbocycles. The van der Waals surface area contributed by atoms with E-state index >= 15 is 0 Å². The van der Waals surface area contributed by atoms with E-state index in [2.05, 4.69) is 167 Å². The molecule has 0 saturated heterocycles. The fraction of sp³-hybridized carbons (Fsp3) is 0. The molecule has 0 radical (unpaired) electrons. The number of fused-ring (bicyclic) bond motifs is 9. The molecule has 2 aromatic heterocycles. The Morgan fingerprint density at radius 3 is 1.74 bits per heavy atom. The van der Waals surface area contributed by atoms with Crippen LogP contribution >= 0.6 is 0 Å². The van der Waals surface area contributed by atoms with Crippen LogP contribution in [-0.4, -0.2) is 9.55 Å². The molecule has 0 unspecified atom stereocenters. The molecular formula is C50H29N3. The topological polar surface area (TPSA) is 22.2 Å². The second-order valence-electron chi connectivity index (χ2n) is 13.8. The van der Waals surface area contributed by atoms with Gasteiger partial charge in [-0.2, -0.15) is 0 Å². The Morgan fingerprint density at radius 1 is 0.434 bits per heavy atom. The normalized spacial score (nSPS) is 11.8. The van der Waals surface area contributed by atoms with E-state index < -0.39 is 0 Å². The molecule has 0 N–H and O–H groups in total. The lowest BCUT2D eigenvalue weighted by Gasteiger charge is -2.19. The van der Waals surface area contributed by atoms with Gasteiger partial charge in [-0.25, -0.2) is 9.83 Å². The van der Waals surface area contributed by atoms with E-state index in [1.807, 2.05) is 18.2 Å². The van der Waals surface area contributed by atoms with Crippen LogP contribution in [0.5, 0.6) is 0 Å². The average Bonchev–Trinajstić information content (AvgIpc) is 3.55. The third-order valence-corrected chi connectivity index (χ3v) is 10.9. The summed E-state index contributed by atoms with van der Waals surface area (Å²) in [5.41, 5.74) is 10.8. The van der Waals surface area contributed by atoms with Crippen molar-refractivity contribution in [2.24, 2.45) is 0 Å². The van der Waals surface area contributed by atoms with Gasteiger partial charge < -0.3 is 4.57 Å². The summed E-state index contributed by atoms with van der Waals surface area (Å²) >= 11 is 0. The standard InChI is InChI=1S/C50H29N3/c1-51-34-24-26-47-43(30-34)42-28-32(23-25-46(42)53(47)35-14-3-2-4-15-35)48-37-17-7-9-19-39(37)49(40-20-10-8-18-38(40)48)44-29-33-27-31-13-5-12-22-45(31)52-50(33)41-21-11-6-16-36(41)44/h2-30H. The summed E-state index contributed by atoms with van der Waals surface area (Å²) < 4.78 is 2.31. The van der Waals surface area contributed by atoms with Gasteiger partial charge in [-0.15, -0.1) is 0 Å². The summed E-state index contributed by atoms with van der Waals surface area (Å²) in [5, 5.41) is 11.6. The molecule has 0 amide bonds. The van der Waals surface area contributed by atoms with Crippen molar-refractivity contribution in [3.05, 3.63) is 187 Å². The summed E-state index contributed by atoms with van der Waals surface area (Å²) in [6.45, 7) is 7.79. The fourth-order valence-electron chi connectivity index (χ4n) is 8.64. The maximum Gasteiger partial charge on any atom is 0.188 e. The first kappa shape index (κ1) is 29.5. The van der Waals surface area contributed by atoms with Crippen molar-refractivity contribution < 1.29 is 0 Å². The predicted octanol–water partition coefficient (Wildman–Crippen LogP) is 13.8. The Morgan fingerprint density at radius 2 is 1.02 bits per heavy atom. The molecule has 0 fully saturated rings. The van der Waals surface area contributed by atoms with E-state index in [0.717, 1.165) is 60.2 Å². The Balaban J connectivity index is 1.24. The summed E-state index contributed by atoms with van der Waals surface area (Å²) in [7, 11) is 0. The maximum absolute atomic E-state index is 7.79. The SMILES string of the molecule is [C-]#[N+]c1ccc2c(c1)c1cc(-c3c4ccccc4c(-c4cc5cc6ccccc6nc5c5ccccc45)c4ccccc34)ccc1n2-c1ccccc1. The minimum absolute atomic E-state index is 0.640. The van der Waals surface area contributed by atoms with E-state index in [1.54, 1.807) is 0 Å². The summed E-state index contributed by atoms with van der Waals surface area (Å²) in [6.07, 6.45) is 0. The quantitative estimate of drug-likeness (QED) is 0.104. The van der Waals surface area contributed by atoms with Gasteiger partial charge in [0.15, 0.2) is 5.69 Å². The zero-order chi connectivity index (χ0) is 35.0. The Labute approximate surface area is 305 Å². The first-order valence-corrected chi connectivity index (χ1v) is 17.9. The van der Waals surface area contributed by atoms with Crippen LogP contribution in [0.4, 0.5) is 5.69 Å². The molecule has 3 nitrogen and oxygen atoms in total. The highest BCUT2D eigenvalue weighted by Gasteiger charge is 2.21. The molecule has 9 aromatic carbocycles. The smallest absolute Gasteiger partial charge is 0.188 e. The van der Waals surface area contributed by atoms with Crippen LogP contribution in [0.3, 0.4) is 0 Å². The van der Waals surface area contributed by atoms with Gasteiger partial charge in [0, 0.05) is 27.2 Å². The van der Waals surface area contributed by atoms with Gasteiger partial charge in [0.05, 0.1) is 28.6 Å². The number of pyridine rings is 1. The lowest BCUT2D eigenvalue weighted by molar-refractivity contribution is 1.18. The van der Waals surface area contributed by atoms with Crippen molar-refractivity contribution in [2.45, 2.75) is 0 Å². The largest absolute Gasteiger partial charge is 0.309 e.